The topological polar surface area (TPSA) is 107 Å². The van der Waals surface area contributed by atoms with Crippen molar-refractivity contribution in [1.82, 2.24) is 4.72 Å². The van der Waals surface area contributed by atoms with Crippen LogP contribution in [0.4, 0.5) is 0 Å². The van der Waals surface area contributed by atoms with Crippen molar-refractivity contribution in [2.24, 2.45) is 0 Å². The Labute approximate surface area is 124 Å². The van der Waals surface area contributed by atoms with Gasteiger partial charge in [0.05, 0.1) is 17.4 Å². The fourth-order valence-electron chi connectivity index (χ4n) is 1.83. The summed E-state index contributed by atoms with van der Waals surface area (Å²) in [6.07, 6.45) is 1.13. The molecule has 6 nitrogen and oxygen atoms in total. The Morgan fingerprint density at radius 2 is 2.00 bits per heavy atom. The van der Waals surface area contributed by atoms with Crippen molar-refractivity contribution in [3.05, 3.63) is 29.8 Å². The molecular formula is C14H18N2O4S. The largest absolute Gasteiger partial charge is 0.481 e. The van der Waals surface area contributed by atoms with E-state index >= 15 is 0 Å². The Morgan fingerprint density at radius 1 is 1.38 bits per heavy atom. The molecule has 0 amide bonds. The van der Waals surface area contributed by atoms with Gasteiger partial charge in [-0.2, -0.15) is 5.26 Å². The van der Waals surface area contributed by atoms with Crippen molar-refractivity contribution in [2.75, 3.05) is 0 Å². The van der Waals surface area contributed by atoms with Crippen molar-refractivity contribution >= 4 is 16.0 Å². The van der Waals surface area contributed by atoms with E-state index < -0.39 is 16.0 Å². The van der Waals surface area contributed by atoms with Crippen LogP contribution in [-0.4, -0.2) is 25.5 Å². The number of benzene rings is 1. The molecule has 0 fully saturated rings. The van der Waals surface area contributed by atoms with Gasteiger partial charge in [0.2, 0.25) is 10.0 Å². The van der Waals surface area contributed by atoms with Gasteiger partial charge in [0, 0.05) is 12.5 Å². The van der Waals surface area contributed by atoms with Gasteiger partial charge in [-0.05, 0) is 37.5 Å². The van der Waals surface area contributed by atoms with Crippen molar-refractivity contribution in [3.63, 3.8) is 0 Å². The van der Waals surface area contributed by atoms with E-state index in [1.807, 2.05) is 6.07 Å². The summed E-state index contributed by atoms with van der Waals surface area (Å²) in [5.41, 5.74) is 0.756. The molecule has 0 aliphatic carbocycles. The zero-order chi connectivity index (χ0) is 15.9. The minimum atomic E-state index is -3.62. The quantitative estimate of drug-likeness (QED) is 0.759. The fraction of sp³-hybridized carbons (Fsp3) is 0.429. The number of carboxylic acid groups (broad SMARTS) is 1. The number of hydrogen-bond donors (Lipinski definition) is 2. The Kier molecular flexibility index (Phi) is 6.34. The summed E-state index contributed by atoms with van der Waals surface area (Å²) in [7, 11) is -3.62. The average Bonchev–Trinajstić information content (AvgIpc) is 2.38. The van der Waals surface area contributed by atoms with Crippen LogP contribution in [0.1, 0.15) is 31.7 Å². The number of nitrogens with one attached hydrogen (secondary N) is 1. The van der Waals surface area contributed by atoms with E-state index in [0.29, 0.717) is 12.8 Å². The molecule has 114 valence electrons. The maximum absolute atomic E-state index is 12.1. The number of nitriles is 1. The van der Waals surface area contributed by atoms with Gasteiger partial charge in [0.1, 0.15) is 0 Å². The zero-order valence-electron chi connectivity index (χ0n) is 11.7. The molecule has 0 aromatic heterocycles. The van der Waals surface area contributed by atoms with Gasteiger partial charge in [-0.25, -0.2) is 13.1 Å². The van der Waals surface area contributed by atoms with E-state index in [1.165, 1.54) is 12.1 Å². The molecule has 0 saturated carbocycles. The molecule has 2 N–H and O–H groups in total. The Bertz CT molecular complexity index is 617. The number of carbonyl (C=O) groups is 1. The lowest BCUT2D eigenvalue weighted by atomic mass is 10.1. The summed E-state index contributed by atoms with van der Waals surface area (Å²) in [5, 5.41) is 17.1. The van der Waals surface area contributed by atoms with Gasteiger partial charge in [0.25, 0.3) is 0 Å². The predicted molar refractivity (Wildman–Crippen MR) is 77.0 cm³/mol. The second kappa shape index (κ2) is 7.76. The first-order valence-electron chi connectivity index (χ1n) is 6.55. The van der Waals surface area contributed by atoms with Crippen LogP contribution in [0.15, 0.2) is 29.2 Å². The SMILES string of the molecule is CC(CCCC(=O)O)NS(=O)(=O)c1ccc(CC#N)cc1. The highest BCUT2D eigenvalue weighted by atomic mass is 32.2. The number of hydrogen-bond acceptors (Lipinski definition) is 4. The van der Waals surface area contributed by atoms with E-state index in [4.69, 9.17) is 10.4 Å². The summed E-state index contributed by atoms with van der Waals surface area (Å²) in [6.45, 7) is 1.70. The van der Waals surface area contributed by atoms with Crippen LogP contribution in [0.2, 0.25) is 0 Å². The lowest BCUT2D eigenvalue weighted by Gasteiger charge is -2.13. The molecule has 0 radical (unpaired) electrons. The number of sulfonamides is 1. The van der Waals surface area contributed by atoms with E-state index in [2.05, 4.69) is 4.72 Å². The molecule has 1 aromatic rings. The van der Waals surface area contributed by atoms with Crippen LogP contribution >= 0.6 is 0 Å². The third kappa shape index (κ3) is 5.94. The smallest absolute Gasteiger partial charge is 0.303 e. The Hall–Kier alpha value is -1.91. The highest BCUT2D eigenvalue weighted by Gasteiger charge is 2.17. The highest BCUT2D eigenvalue weighted by Crippen LogP contribution is 2.12. The van der Waals surface area contributed by atoms with Gasteiger partial charge in [-0.3, -0.25) is 4.79 Å². The average molecular weight is 310 g/mol. The van der Waals surface area contributed by atoms with Crippen LogP contribution in [0.25, 0.3) is 0 Å². The van der Waals surface area contributed by atoms with Crippen LogP contribution < -0.4 is 4.72 Å². The minimum absolute atomic E-state index is 0.0227. The summed E-state index contributed by atoms with van der Waals surface area (Å²) >= 11 is 0. The monoisotopic (exact) mass is 310 g/mol. The lowest BCUT2D eigenvalue weighted by molar-refractivity contribution is -0.137. The van der Waals surface area contributed by atoms with E-state index in [-0.39, 0.29) is 23.8 Å². The molecule has 0 aliphatic rings. The van der Waals surface area contributed by atoms with Crippen LogP contribution in [-0.2, 0) is 21.2 Å². The molecule has 1 unspecified atom stereocenters. The van der Waals surface area contributed by atoms with Gasteiger partial charge in [-0.1, -0.05) is 12.1 Å². The number of nitrogens with zero attached hydrogens (tertiary/aromatic N) is 1. The summed E-state index contributed by atoms with van der Waals surface area (Å²) < 4.78 is 26.7. The van der Waals surface area contributed by atoms with E-state index in [1.54, 1.807) is 19.1 Å². The summed E-state index contributed by atoms with van der Waals surface area (Å²) in [6, 6.07) is 7.78. The first kappa shape index (κ1) is 17.1. The Morgan fingerprint density at radius 3 is 2.52 bits per heavy atom. The molecule has 0 bridgehead atoms. The zero-order valence-corrected chi connectivity index (χ0v) is 12.6. The van der Waals surface area contributed by atoms with E-state index in [0.717, 1.165) is 5.56 Å². The second-order valence-corrected chi connectivity index (χ2v) is 6.50. The molecule has 0 heterocycles. The van der Waals surface area contributed by atoms with Gasteiger partial charge in [0.15, 0.2) is 0 Å². The normalized spacial score (nSPS) is 12.6. The summed E-state index contributed by atoms with van der Waals surface area (Å²) in [4.78, 5) is 10.5. The Balaban J connectivity index is 2.64. The molecule has 21 heavy (non-hydrogen) atoms. The predicted octanol–water partition coefficient (Wildman–Crippen LogP) is 1.67. The minimum Gasteiger partial charge on any atom is -0.481 e. The fourth-order valence-corrected chi connectivity index (χ4v) is 3.11. The number of aliphatic carboxylic acids is 1. The standard InChI is InChI=1S/C14H18N2O4S/c1-11(3-2-4-14(17)18)16-21(19,20)13-7-5-12(6-8-13)9-10-15/h5-8,11,16H,2-4,9H2,1H3,(H,17,18). The van der Waals surface area contributed by atoms with Gasteiger partial charge >= 0.3 is 5.97 Å². The third-order valence-electron chi connectivity index (χ3n) is 2.90. The molecule has 1 aromatic carbocycles. The number of rotatable bonds is 8. The lowest BCUT2D eigenvalue weighted by Crippen LogP contribution is -2.32. The first-order chi connectivity index (χ1) is 9.85. The van der Waals surface area contributed by atoms with Crippen molar-refractivity contribution < 1.29 is 18.3 Å². The summed E-state index contributed by atoms with van der Waals surface area (Å²) in [5.74, 6) is -0.891. The maximum atomic E-state index is 12.1. The van der Waals surface area contributed by atoms with Crippen molar-refractivity contribution in [2.45, 2.75) is 43.5 Å². The van der Waals surface area contributed by atoms with E-state index in [9.17, 15) is 13.2 Å². The maximum Gasteiger partial charge on any atom is 0.303 e. The molecule has 0 aliphatic heterocycles. The van der Waals surface area contributed by atoms with Crippen LogP contribution in [0.5, 0.6) is 0 Å². The molecular weight excluding hydrogens is 292 g/mol. The molecule has 1 rings (SSSR count). The first-order valence-corrected chi connectivity index (χ1v) is 8.03. The highest BCUT2D eigenvalue weighted by molar-refractivity contribution is 7.89. The van der Waals surface area contributed by atoms with Crippen molar-refractivity contribution in [1.29, 1.82) is 5.26 Å². The van der Waals surface area contributed by atoms with Crippen LogP contribution in [0, 0.1) is 11.3 Å². The third-order valence-corrected chi connectivity index (χ3v) is 4.51. The second-order valence-electron chi connectivity index (χ2n) is 4.79. The molecule has 0 saturated heterocycles. The van der Waals surface area contributed by atoms with Crippen LogP contribution in [0.3, 0.4) is 0 Å². The van der Waals surface area contributed by atoms with Gasteiger partial charge in [-0.15, -0.1) is 0 Å². The van der Waals surface area contributed by atoms with Crippen molar-refractivity contribution in [3.8, 4) is 6.07 Å². The molecule has 0 spiro atoms. The van der Waals surface area contributed by atoms with Gasteiger partial charge < -0.3 is 5.11 Å². The molecule has 7 heteroatoms. The number of carboxylic acids is 1. The molecule has 1 atom stereocenters.